The van der Waals surface area contributed by atoms with Crippen LogP contribution in [0.25, 0.3) is 0 Å². The molecule has 0 bridgehead atoms. The van der Waals surface area contributed by atoms with Crippen LogP contribution >= 0.6 is 27.5 Å². The van der Waals surface area contributed by atoms with E-state index in [1.807, 2.05) is 24.3 Å². The van der Waals surface area contributed by atoms with Crippen molar-refractivity contribution in [3.8, 4) is 0 Å². The van der Waals surface area contributed by atoms with Crippen LogP contribution < -0.4 is 0 Å². The van der Waals surface area contributed by atoms with Crippen molar-refractivity contribution in [2.24, 2.45) is 5.92 Å². The quantitative estimate of drug-likeness (QED) is 0.714. The zero-order valence-electron chi connectivity index (χ0n) is 10.1. The molecule has 3 rings (SSSR count). The van der Waals surface area contributed by atoms with Crippen molar-refractivity contribution >= 4 is 33.3 Å². The first-order valence-electron chi connectivity index (χ1n) is 6.21. The molecule has 3 heteroatoms. The van der Waals surface area contributed by atoms with Crippen LogP contribution in [-0.2, 0) is 0 Å². The predicted molar refractivity (Wildman–Crippen MR) is 80.8 cm³/mol. The maximum atomic E-state index is 12.4. The molecule has 1 nitrogen and oxygen atoms in total. The minimum absolute atomic E-state index is 0.121. The second-order valence-electron chi connectivity index (χ2n) is 4.85. The molecule has 0 aromatic heterocycles. The van der Waals surface area contributed by atoms with E-state index in [1.54, 1.807) is 12.1 Å². The monoisotopic (exact) mass is 334 g/mol. The molecule has 0 saturated heterocycles. The third kappa shape index (κ3) is 2.60. The minimum Gasteiger partial charge on any atom is -0.294 e. The lowest BCUT2D eigenvalue weighted by molar-refractivity contribution is 0.0965. The Morgan fingerprint density at radius 2 is 1.89 bits per heavy atom. The Morgan fingerprint density at radius 3 is 2.58 bits per heavy atom. The number of carbonyl (C=O) groups is 1. The second-order valence-corrected chi connectivity index (χ2v) is 6.11. The number of carbonyl (C=O) groups excluding carboxylic acids is 1. The molecule has 0 spiro atoms. The van der Waals surface area contributed by atoms with Gasteiger partial charge in [-0.3, -0.25) is 4.79 Å². The van der Waals surface area contributed by atoms with Gasteiger partial charge in [0.15, 0.2) is 5.78 Å². The van der Waals surface area contributed by atoms with Gasteiger partial charge in [0.05, 0.1) is 5.02 Å². The third-order valence-corrected chi connectivity index (χ3v) is 4.77. The standard InChI is InChI=1S/C16H12BrClO/c17-14-8-11(6-7-15(14)18)16(19)13-9-12(13)10-4-2-1-3-5-10/h1-8,12-13H,9H2. The van der Waals surface area contributed by atoms with Gasteiger partial charge < -0.3 is 0 Å². The van der Waals surface area contributed by atoms with Gasteiger partial charge in [-0.05, 0) is 52.0 Å². The van der Waals surface area contributed by atoms with Crippen LogP contribution in [0.15, 0.2) is 53.0 Å². The summed E-state index contributed by atoms with van der Waals surface area (Å²) < 4.78 is 0.775. The molecule has 2 aromatic rings. The van der Waals surface area contributed by atoms with E-state index in [2.05, 4.69) is 28.1 Å². The average Bonchev–Trinajstić information content (AvgIpc) is 3.22. The first-order valence-corrected chi connectivity index (χ1v) is 7.38. The summed E-state index contributed by atoms with van der Waals surface area (Å²) >= 11 is 9.31. The summed E-state index contributed by atoms with van der Waals surface area (Å²) in [5.41, 5.74) is 1.99. The van der Waals surface area contributed by atoms with E-state index in [0.29, 0.717) is 10.9 Å². The molecule has 19 heavy (non-hydrogen) atoms. The van der Waals surface area contributed by atoms with E-state index >= 15 is 0 Å². The molecule has 0 heterocycles. The van der Waals surface area contributed by atoms with Crippen LogP contribution in [0.4, 0.5) is 0 Å². The van der Waals surface area contributed by atoms with Gasteiger partial charge in [0.25, 0.3) is 0 Å². The minimum atomic E-state index is 0.121. The van der Waals surface area contributed by atoms with Crippen molar-refractivity contribution < 1.29 is 4.79 Å². The topological polar surface area (TPSA) is 17.1 Å². The molecule has 2 aromatic carbocycles. The van der Waals surface area contributed by atoms with Gasteiger partial charge in [-0.1, -0.05) is 41.9 Å². The Balaban J connectivity index is 1.78. The van der Waals surface area contributed by atoms with Crippen LogP contribution in [0, 0.1) is 5.92 Å². The average molecular weight is 336 g/mol. The molecule has 1 aliphatic carbocycles. The first-order chi connectivity index (χ1) is 9.16. The molecule has 0 radical (unpaired) electrons. The van der Waals surface area contributed by atoms with E-state index < -0.39 is 0 Å². The summed E-state index contributed by atoms with van der Waals surface area (Å²) in [5.74, 6) is 0.713. The summed E-state index contributed by atoms with van der Waals surface area (Å²) in [5, 5.41) is 0.631. The highest BCUT2D eigenvalue weighted by Crippen LogP contribution is 2.49. The summed E-state index contributed by atoms with van der Waals surface area (Å²) in [6.45, 7) is 0. The number of ketones is 1. The number of Topliss-reactive ketones (excluding diaryl/α,β-unsaturated/α-hetero) is 1. The molecule has 0 N–H and O–H groups in total. The highest BCUT2D eigenvalue weighted by atomic mass is 79.9. The molecule has 0 aliphatic heterocycles. The van der Waals surface area contributed by atoms with Crippen LogP contribution in [0.1, 0.15) is 28.3 Å². The highest BCUT2D eigenvalue weighted by Gasteiger charge is 2.43. The van der Waals surface area contributed by atoms with Gasteiger partial charge in [-0.25, -0.2) is 0 Å². The SMILES string of the molecule is O=C(c1ccc(Cl)c(Br)c1)C1CC1c1ccccc1. The fraction of sp³-hybridized carbons (Fsp3) is 0.188. The number of benzene rings is 2. The number of hydrogen-bond donors (Lipinski definition) is 0. The smallest absolute Gasteiger partial charge is 0.166 e. The Labute approximate surface area is 125 Å². The van der Waals surface area contributed by atoms with Crippen molar-refractivity contribution in [2.75, 3.05) is 0 Å². The normalized spacial score (nSPS) is 21.2. The molecule has 0 amide bonds. The number of hydrogen-bond acceptors (Lipinski definition) is 1. The Morgan fingerprint density at radius 1 is 1.16 bits per heavy atom. The highest BCUT2D eigenvalue weighted by molar-refractivity contribution is 9.10. The van der Waals surface area contributed by atoms with Crippen LogP contribution in [-0.4, -0.2) is 5.78 Å². The summed E-state index contributed by atoms with van der Waals surface area (Å²) in [6, 6.07) is 15.6. The Hall–Kier alpha value is -1.12. The van der Waals surface area contributed by atoms with Gasteiger partial charge in [0.2, 0.25) is 0 Å². The fourth-order valence-corrected chi connectivity index (χ4v) is 2.91. The van der Waals surface area contributed by atoms with Crippen molar-refractivity contribution in [1.82, 2.24) is 0 Å². The van der Waals surface area contributed by atoms with E-state index in [0.717, 1.165) is 16.5 Å². The number of halogens is 2. The molecule has 96 valence electrons. The van der Waals surface area contributed by atoms with Gasteiger partial charge in [0.1, 0.15) is 0 Å². The molecular weight excluding hydrogens is 324 g/mol. The predicted octanol–water partition coefficient (Wildman–Crippen LogP) is 5.09. The lowest BCUT2D eigenvalue weighted by atomic mass is 10.0. The van der Waals surface area contributed by atoms with Crippen molar-refractivity contribution in [3.05, 3.63) is 69.2 Å². The molecular formula is C16H12BrClO. The zero-order valence-corrected chi connectivity index (χ0v) is 12.5. The van der Waals surface area contributed by atoms with Crippen LogP contribution in [0.2, 0.25) is 5.02 Å². The molecule has 1 aliphatic rings. The summed E-state index contributed by atoms with van der Waals surface area (Å²) in [4.78, 5) is 12.4. The summed E-state index contributed by atoms with van der Waals surface area (Å²) in [6.07, 6.45) is 0.948. The molecule has 2 unspecified atom stereocenters. The third-order valence-electron chi connectivity index (χ3n) is 3.56. The summed E-state index contributed by atoms with van der Waals surface area (Å²) in [7, 11) is 0. The van der Waals surface area contributed by atoms with Gasteiger partial charge in [0, 0.05) is 16.0 Å². The lowest BCUT2D eigenvalue weighted by Gasteiger charge is -2.03. The molecule has 1 fully saturated rings. The molecule has 1 saturated carbocycles. The van der Waals surface area contributed by atoms with E-state index in [9.17, 15) is 4.79 Å². The van der Waals surface area contributed by atoms with E-state index in [1.165, 1.54) is 5.56 Å². The zero-order chi connectivity index (χ0) is 13.4. The maximum Gasteiger partial charge on any atom is 0.166 e. The molecule has 2 atom stereocenters. The van der Waals surface area contributed by atoms with Crippen LogP contribution in [0.3, 0.4) is 0 Å². The van der Waals surface area contributed by atoms with Gasteiger partial charge >= 0.3 is 0 Å². The Kier molecular flexibility index (Phi) is 3.46. The van der Waals surface area contributed by atoms with E-state index in [-0.39, 0.29) is 11.7 Å². The van der Waals surface area contributed by atoms with Crippen molar-refractivity contribution in [3.63, 3.8) is 0 Å². The van der Waals surface area contributed by atoms with E-state index in [4.69, 9.17) is 11.6 Å². The van der Waals surface area contributed by atoms with Gasteiger partial charge in [-0.2, -0.15) is 0 Å². The van der Waals surface area contributed by atoms with Gasteiger partial charge in [-0.15, -0.1) is 0 Å². The first kappa shape index (κ1) is 12.9. The Bertz CT molecular complexity index is 624. The number of rotatable bonds is 3. The largest absolute Gasteiger partial charge is 0.294 e. The second kappa shape index (κ2) is 5.10. The van der Waals surface area contributed by atoms with Crippen molar-refractivity contribution in [2.45, 2.75) is 12.3 Å². The van der Waals surface area contributed by atoms with Crippen molar-refractivity contribution in [1.29, 1.82) is 0 Å². The fourth-order valence-electron chi connectivity index (χ4n) is 2.42. The van der Waals surface area contributed by atoms with Crippen LogP contribution in [0.5, 0.6) is 0 Å². The lowest BCUT2D eigenvalue weighted by Crippen LogP contribution is -2.03. The maximum absolute atomic E-state index is 12.4.